The fourth-order valence-electron chi connectivity index (χ4n) is 1.97. The molecule has 0 saturated heterocycles. The Balaban J connectivity index is 2.36. The highest BCUT2D eigenvalue weighted by molar-refractivity contribution is 5.76. The first-order chi connectivity index (χ1) is 9.08. The van der Waals surface area contributed by atoms with E-state index in [2.05, 4.69) is 9.97 Å². The molecule has 0 bridgehead atoms. The van der Waals surface area contributed by atoms with Gasteiger partial charge >= 0.3 is 0 Å². The minimum atomic E-state index is -0.574. The van der Waals surface area contributed by atoms with Gasteiger partial charge in [-0.3, -0.25) is 4.57 Å². The zero-order valence-corrected chi connectivity index (χ0v) is 10.1. The molecule has 0 aliphatic heterocycles. The monoisotopic (exact) mass is 260 g/mol. The van der Waals surface area contributed by atoms with Gasteiger partial charge in [0.1, 0.15) is 17.2 Å². The molecule has 0 radical (unpaired) electrons. The Morgan fingerprint density at radius 2 is 2.00 bits per heavy atom. The maximum atomic E-state index is 14.0. The van der Waals surface area contributed by atoms with Crippen molar-refractivity contribution in [2.24, 2.45) is 0 Å². The number of aromatic nitrogens is 3. The third kappa shape index (κ3) is 1.72. The van der Waals surface area contributed by atoms with Gasteiger partial charge in [-0.2, -0.15) is 0 Å². The van der Waals surface area contributed by atoms with Crippen LogP contribution >= 0.6 is 0 Å². The topological polar surface area (TPSA) is 56.7 Å². The summed E-state index contributed by atoms with van der Waals surface area (Å²) in [5.74, 6) is -1.01. The Hall–Kier alpha value is -2.50. The summed E-state index contributed by atoms with van der Waals surface area (Å²) in [6.45, 7) is 1.50. The van der Waals surface area contributed by atoms with Crippen LogP contribution in [0.4, 0.5) is 14.7 Å². The third-order valence-corrected chi connectivity index (χ3v) is 2.91. The van der Waals surface area contributed by atoms with Gasteiger partial charge < -0.3 is 5.73 Å². The van der Waals surface area contributed by atoms with E-state index in [1.54, 1.807) is 18.3 Å². The van der Waals surface area contributed by atoms with Crippen molar-refractivity contribution in [1.29, 1.82) is 0 Å². The molecule has 2 heterocycles. The first-order valence-corrected chi connectivity index (χ1v) is 5.63. The molecule has 3 aromatic rings. The number of nitrogens with zero attached hydrogens (tertiary/aromatic N) is 3. The van der Waals surface area contributed by atoms with Gasteiger partial charge in [-0.15, -0.1) is 0 Å². The fraction of sp³-hybridized carbons (Fsp3) is 0.0769. The highest BCUT2D eigenvalue weighted by Crippen LogP contribution is 2.25. The van der Waals surface area contributed by atoms with E-state index in [0.29, 0.717) is 11.2 Å². The van der Waals surface area contributed by atoms with Crippen molar-refractivity contribution in [2.45, 2.75) is 6.92 Å². The molecule has 0 unspecified atom stereocenters. The van der Waals surface area contributed by atoms with Gasteiger partial charge in [0.15, 0.2) is 5.65 Å². The van der Waals surface area contributed by atoms with Crippen LogP contribution in [-0.4, -0.2) is 14.5 Å². The molecule has 0 aliphatic carbocycles. The molecular formula is C13H10F2N4. The number of hydrogen-bond acceptors (Lipinski definition) is 3. The molecule has 0 aliphatic rings. The largest absolute Gasteiger partial charge is 0.369 e. The standard InChI is InChI=1S/C13H10F2N4/c1-7-5-9(15)11(6-8(7)14)19-12-10(18-13(19)16)3-2-4-17-12/h2-6H,1H3,(H2,16,18). The van der Waals surface area contributed by atoms with E-state index in [-0.39, 0.29) is 17.2 Å². The average molecular weight is 260 g/mol. The van der Waals surface area contributed by atoms with Gasteiger partial charge in [-0.05, 0) is 30.7 Å². The quantitative estimate of drug-likeness (QED) is 0.731. The molecule has 6 heteroatoms. The molecule has 1 aromatic carbocycles. The molecular weight excluding hydrogens is 250 g/mol. The lowest BCUT2D eigenvalue weighted by Crippen LogP contribution is -2.05. The van der Waals surface area contributed by atoms with E-state index < -0.39 is 11.6 Å². The molecule has 0 fully saturated rings. The van der Waals surface area contributed by atoms with Crippen LogP contribution in [-0.2, 0) is 0 Å². The molecule has 2 N–H and O–H groups in total. The second kappa shape index (κ2) is 4.01. The highest BCUT2D eigenvalue weighted by atomic mass is 19.1. The summed E-state index contributed by atoms with van der Waals surface area (Å²) in [5.41, 5.74) is 6.92. The predicted octanol–water partition coefficient (Wildman–Crippen LogP) is 2.59. The Labute approximate surface area is 107 Å². The van der Waals surface area contributed by atoms with E-state index in [9.17, 15) is 8.78 Å². The molecule has 2 aromatic heterocycles. The second-order valence-corrected chi connectivity index (χ2v) is 4.20. The number of fused-ring (bicyclic) bond motifs is 1. The molecule has 3 rings (SSSR count). The number of pyridine rings is 1. The summed E-state index contributed by atoms with van der Waals surface area (Å²) in [7, 11) is 0. The number of anilines is 1. The van der Waals surface area contributed by atoms with Crippen molar-refractivity contribution in [2.75, 3.05) is 5.73 Å². The summed E-state index contributed by atoms with van der Waals surface area (Å²) in [5, 5.41) is 0. The SMILES string of the molecule is Cc1cc(F)c(-n2c(N)nc3cccnc32)cc1F. The molecule has 19 heavy (non-hydrogen) atoms. The first kappa shape index (κ1) is 11.6. The number of nitrogens with two attached hydrogens (primary N) is 1. The number of nitrogen functional groups attached to an aromatic ring is 1. The smallest absolute Gasteiger partial charge is 0.207 e. The van der Waals surface area contributed by atoms with Crippen molar-refractivity contribution in [1.82, 2.24) is 14.5 Å². The molecule has 0 atom stereocenters. The number of benzene rings is 1. The number of hydrogen-bond donors (Lipinski definition) is 1. The Bertz CT molecular complexity index is 780. The summed E-state index contributed by atoms with van der Waals surface area (Å²) in [6.07, 6.45) is 1.54. The number of halogens is 2. The van der Waals surface area contributed by atoms with E-state index in [1.807, 2.05) is 0 Å². The van der Waals surface area contributed by atoms with Crippen molar-refractivity contribution < 1.29 is 8.78 Å². The maximum absolute atomic E-state index is 14.0. The predicted molar refractivity (Wildman–Crippen MR) is 67.9 cm³/mol. The van der Waals surface area contributed by atoms with Crippen LogP contribution < -0.4 is 5.73 Å². The van der Waals surface area contributed by atoms with Crippen LogP contribution in [0.15, 0.2) is 30.5 Å². The van der Waals surface area contributed by atoms with Crippen LogP contribution in [0.1, 0.15) is 5.56 Å². The Morgan fingerprint density at radius 3 is 2.79 bits per heavy atom. The van der Waals surface area contributed by atoms with Crippen LogP contribution in [0.2, 0.25) is 0 Å². The maximum Gasteiger partial charge on any atom is 0.207 e. The lowest BCUT2D eigenvalue weighted by atomic mass is 10.2. The van der Waals surface area contributed by atoms with Crippen molar-refractivity contribution in [3.8, 4) is 5.69 Å². The van der Waals surface area contributed by atoms with Gasteiger partial charge in [0, 0.05) is 12.3 Å². The lowest BCUT2D eigenvalue weighted by molar-refractivity contribution is 0.586. The summed E-state index contributed by atoms with van der Waals surface area (Å²) >= 11 is 0. The summed E-state index contributed by atoms with van der Waals surface area (Å²) < 4.78 is 28.9. The van der Waals surface area contributed by atoms with Crippen LogP contribution in [0.5, 0.6) is 0 Å². The van der Waals surface area contributed by atoms with Gasteiger partial charge in [0.05, 0.1) is 5.69 Å². The van der Waals surface area contributed by atoms with E-state index in [4.69, 9.17) is 5.73 Å². The van der Waals surface area contributed by atoms with Crippen LogP contribution in [0.25, 0.3) is 16.9 Å². The zero-order chi connectivity index (χ0) is 13.6. The highest BCUT2D eigenvalue weighted by Gasteiger charge is 2.16. The number of rotatable bonds is 1. The first-order valence-electron chi connectivity index (χ1n) is 5.63. The Kier molecular flexibility index (Phi) is 2.45. The molecule has 0 amide bonds. The third-order valence-electron chi connectivity index (χ3n) is 2.91. The summed E-state index contributed by atoms with van der Waals surface area (Å²) in [4.78, 5) is 8.17. The van der Waals surface area contributed by atoms with Crippen molar-refractivity contribution in [3.63, 3.8) is 0 Å². The van der Waals surface area contributed by atoms with Gasteiger partial charge in [0.25, 0.3) is 0 Å². The minimum Gasteiger partial charge on any atom is -0.369 e. The van der Waals surface area contributed by atoms with Crippen molar-refractivity contribution >= 4 is 17.1 Å². The second-order valence-electron chi connectivity index (χ2n) is 4.20. The van der Waals surface area contributed by atoms with E-state index in [1.165, 1.54) is 11.5 Å². The molecule has 96 valence electrons. The number of aryl methyl sites for hydroxylation is 1. The van der Waals surface area contributed by atoms with Gasteiger partial charge in [-0.25, -0.2) is 18.7 Å². The zero-order valence-electron chi connectivity index (χ0n) is 10.1. The van der Waals surface area contributed by atoms with Crippen LogP contribution in [0, 0.1) is 18.6 Å². The van der Waals surface area contributed by atoms with Crippen molar-refractivity contribution in [3.05, 3.63) is 47.7 Å². The van der Waals surface area contributed by atoms with Gasteiger partial charge in [0.2, 0.25) is 5.95 Å². The number of imidazole rings is 1. The lowest BCUT2D eigenvalue weighted by Gasteiger charge is -2.08. The van der Waals surface area contributed by atoms with Crippen LogP contribution in [0.3, 0.4) is 0 Å². The average Bonchev–Trinajstić information content (AvgIpc) is 2.70. The molecule has 0 saturated carbocycles. The Morgan fingerprint density at radius 1 is 1.21 bits per heavy atom. The molecule has 0 spiro atoms. The minimum absolute atomic E-state index is 0.00167. The normalized spacial score (nSPS) is 11.1. The fourth-order valence-corrected chi connectivity index (χ4v) is 1.97. The summed E-state index contributed by atoms with van der Waals surface area (Å²) in [6, 6.07) is 5.62. The van der Waals surface area contributed by atoms with E-state index >= 15 is 0 Å². The van der Waals surface area contributed by atoms with Gasteiger partial charge in [-0.1, -0.05) is 0 Å². The molecule has 4 nitrogen and oxygen atoms in total. The van der Waals surface area contributed by atoms with E-state index in [0.717, 1.165) is 12.1 Å².